The van der Waals surface area contributed by atoms with Gasteiger partial charge in [0.15, 0.2) is 0 Å². The van der Waals surface area contributed by atoms with E-state index in [9.17, 15) is 14.7 Å². The number of nitrogens with zero attached hydrogens (tertiary/aromatic N) is 2. The van der Waals surface area contributed by atoms with E-state index in [-0.39, 0.29) is 23.3 Å². The van der Waals surface area contributed by atoms with Gasteiger partial charge in [0, 0.05) is 32.2 Å². The Morgan fingerprint density at radius 1 is 1.08 bits per heavy atom. The van der Waals surface area contributed by atoms with Gasteiger partial charge in [-0.15, -0.1) is 0 Å². The highest BCUT2D eigenvalue weighted by Crippen LogP contribution is 2.25. The van der Waals surface area contributed by atoms with Crippen molar-refractivity contribution in [2.75, 3.05) is 33.3 Å². The number of phenolic OH excluding ortho intramolecular Hbond substituents is 1. The zero-order valence-corrected chi connectivity index (χ0v) is 14.5. The van der Waals surface area contributed by atoms with Gasteiger partial charge in [-0.1, -0.05) is 0 Å². The maximum absolute atomic E-state index is 12.5. The van der Waals surface area contributed by atoms with Crippen LogP contribution in [0.2, 0.25) is 0 Å². The van der Waals surface area contributed by atoms with Crippen molar-refractivity contribution in [1.29, 1.82) is 0 Å². The van der Waals surface area contributed by atoms with Gasteiger partial charge in [-0.2, -0.15) is 0 Å². The van der Waals surface area contributed by atoms with Crippen LogP contribution in [0.15, 0.2) is 18.2 Å². The van der Waals surface area contributed by atoms with E-state index in [4.69, 9.17) is 9.47 Å². The van der Waals surface area contributed by atoms with Crippen LogP contribution >= 0.6 is 0 Å². The zero-order valence-electron chi connectivity index (χ0n) is 14.5. The fourth-order valence-electron chi connectivity index (χ4n) is 2.41. The number of piperazine rings is 1. The summed E-state index contributed by atoms with van der Waals surface area (Å²) in [5, 5.41) is 9.98. The molecule has 132 valence electrons. The van der Waals surface area contributed by atoms with Crippen molar-refractivity contribution in [3.63, 3.8) is 0 Å². The Morgan fingerprint density at radius 2 is 1.67 bits per heavy atom. The number of aromatic hydroxyl groups is 1. The summed E-state index contributed by atoms with van der Waals surface area (Å²) >= 11 is 0. The molecule has 0 spiro atoms. The lowest BCUT2D eigenvalue weighted by atomic mass is 10.1. The van der Waals surface area contributed by atoms with Gasteiger partial charge in [0.2, 0.25) is 0 Å². The third-order valence-corrected chi connectivity index (χ3v) is 3.65. The van der Waals surface area contributed by atoms with Crippen molar-refractivity contribution in [2.24, 2.45) is 0 Å². The summed E-state index contributed by atoms with van der Waals surface area (Å²) in [5.41, 5.74) is -0.319. The third kappa shape index (κ3) is 4.31. The molecule has 0 atom stereocenters. The fourth-order valence-corrected chi connectivity index (χ4v) is 2.41. The second-order valence-electron chi connectivity index (χ2n) is 6.64. The lowest BCUT2D eigenvalue weighted by molar-refractivity contribution is 0.0140. The molecule has 24 heavy (non-hydrogen) atoms. The zero-order chi connectivity index (χ0) is 17.9. The van der Waals surface area contributed by atoms with E-state index >= 15 is 0 Å². The van der Waals surface area contributed by atoms with Gasteiger partial charge >= 0.3 is 6.09 Å². The number of amides is 2. The van der Waals surface area contributed by atoms with Crippen LogP contribution in [0, 0.1) is 0 Å². The van der Waals surface area contributed by atoms with Gasteiger partial charge in [-0.3, -0.25) is 4.79 Å². The molecule has 1 aromatic rings. The summed E-state index contributed by atoms with van der Waals surface area (Å²) in [6.45, 7) is 7.04. The van der Waals surface area contributed by atoms with Gasteiger partial charge in [0.05, 0.1) is 12.7 Å². The van der Waals surface area contributed by atoms with Crippen LogP contribution in [0.4, 0.5) is 4.79 Å². The molecule has 1 aliphatic rings. The van der Waals surface area contributed by atoms with Crippen molar-refractivity contribution >= 4 is 12.0 Å². The largest absolute Gasteiger partial charge is 0.507 e. The number of carbonyl (C=O) groups excluding carboxylic acids is 2. The van der Waals surface area contributed by atoms with Crippen molar-refractivity contribution in [2.45, 2.75) is 26.4 Å². The summed E-state index contributed by atoms with van der Waals surface area (Å²) in [4.78, 5) is 27.7. The van der Waals surface area contributed by atoms with Crippen molar-refractivity contribution in [3.05, 3.63) is 23.8 Å². The maximum Gasteiger partial charge on any atom is 0.410 e. The minimum atomic E-state index is -0.543. The summed E-state index contributed by atoms with van der Waals surface area (Å²) in [6, 6.07) is 4.57. The van der Waals surface area contributed by atoms with Crippen LogP contribution < -0.4 is 4.74 Å². The van der Waals surface area contributed by atoms with Crippen LogP contribution in [-0.2, 0) is 4.74 Å². The number of hydrogen-bond donors (Lipinski definition) is 1. The summed E-state index contributed by atoms with van der Waals surface area (Å²) in [5.74, 6) is 0.103. The monoisotopic (exact) mass is 336 g/mol. The number of rotatable bonds is 2. The van der Waals surface area contributed by atoms with E-state index in [2.05, 4.69) is 0 Å². The van der Waals surface area contributed by atoms with E-state index in [0.29, 0.717) is 31.9 Å². The van der Waals surface area contributed by atoms with Gasteiger partial charge < -0.3 is 24.4 Å². The van der Waals surface area contributed by atoms with Crippen LogP contribution in [0.1, 0.15) is 31.1 Å². The van der Waals surface area contributed by atoms with Gasteiger partial charge in [0.1, 0.15) is 17.1 Å². The second kappa shape index (κ2) is 6.98. The first kappa shape index (κ1) is 17.9. The number of methoxy groups -OCH3 is 1. The molecule has 1 aliphatic heterocycles. The first-order valence-electron chi connectivity index (χ1n) is 7.85. The lowest BCUT2D eigenvalue weighted by Gasteiger charge is -2.35. The molecule has 1 fully saturated rings. The minimum Gasteiger partial charge on any atom is -0.507 e. The second-order valence-corrected chi connectivity index (χ2v) is 6.64. The molecular formula is C17H24N2O5. The Labute approximate surface area is 141 Å². The van der Waals surface area contributed by atoms with Crippen molar-refractivity contribution < 1.29 is 24.2 Å². The molecule has 0 unspecified atom stereocenters. The van der Waals surface area contributed by atoms with E-state index in [1.807, 2.05) is 20.8 Å². The predicted molar refractivity (Wildman–Crippen MR) is 88.4 cm³/mol. The molecule has 0 saturated carbocycles. The summed E-state index contributed by atoms with van der Waals surface area (Å²) < 4.78 is 10.3. The topological polar surface area (TPSA) is 79.3 Å². The Balaban J connectivity index is 1.97. The number of hydrogen-bond acceptors (Lipinski definition) is 5. The Hall–Kier alpha value is -2.44. The fraction of sp³-hybridized carbons (Fsp3) is 0.529. The smallest absolute Gasteiger partial charge is 0.410 e. The quantitative estimate of drug-likeness (QED) is 0.895. The van der Waals surface area contributed by atoms with Crippen LogP contribution in [0.5, 0.6) is 11.5 Å². The van der Waals surface area contributed by atoms with Crippen LogP contribution in [0.3, 0.4) is 0 Å². The normalized spacial score (nSPS) is 15.2. The van der Waals surface area contributed by atoms with Gasteiger partial charge in [-0.05, 0) is 32.9 Å². The van der Waals surface area contributed by atoms with Crippen molar-refractivity contribution in [1.82, 2.24) is 9.80 Å². The maximum atomic E-state index is 12.5. The first-order chi connectivity index (χ1) is 11.2. The highest BCUT2D eigenvalue weighted by Gasteiger charge is 2.28. The van der Waals surface area contributed by atoms with E-state index in [1.54, 1.807) is 15.9 Å². The molecular weight excluding hydrogens is 312 g/mol. The molecule has 2 amide bonds. The van der Waals surface area contributed by atoms with E-state index in [0.717, 1.165) is 0 Å². The number of phenols is 1. The summed E-state index contributed by atoms with van der Waals surface area (Å²) in [6.07, 6.45) is -0.373. The molecule has 2 rings (SSSR count). The molecule has 1 saturated heterocycles. The number of ether oxygens (including phenoxy) is 2. The number of benzene rings is 1. The molecule has 7 nitrogen and oxygen atoms in total. The Bertz CT molecular complexity index is 616. The molecule has 0 bridgehead atoms. The average Bonchev–Trinajstić information content (AvgIpc) is 2.52. The molecule has 1 N–H and O–H groups in total. The molecule has 7 heteroatoms. The highest BCUT2D eigenvalue weighted by atomic mass is 16.6. The molecule has 1 heterocycles. The predicted octanol–water partition coefficient (Wildman–Crippen LogP) is 2.09. The average molecular weight is 336 g/mol. The van der Waals surface area contributed by atoms with Gasteiger partial charge in [0.25, 0.3) is 5.91 Å². The SMILES string of the molecule is COc1ccc(C(=O)N2CCN(C(=O)OC(C)(C)C)CC2)c(O)c1. The van der Waals surface area contributed by atoms with E-state index in [1.165, 1.54) is 19.2 Å². The van der Waals surface area contributed by atoms with E-state index < -0.39 is 5.60 Å². The van der Waals surface area contributed by atoms with Crippen LogP contribution in [-0.4, -0.2) is 65.8 Å². The number of carbonyl (C=O) groups is 2. The highest BCUT2D eigenvalue weighted by molar-refractivity contribution is 5.97. The molecule has 1 aromatic carbocycles. The Morgan fingerprint density at radius 3 is 2.17 bits per heavy atom. The first-order valence-corrected chi connectivity index (χ1v) is 7.85. The third-order valence-electron chi connectivity index (χ3n) is 3.65. The Kier molecular flexibility index (Phi) is 5.21. The lowest BCUT2D eigenvalue weighted by Crippen LogP contribution is -2.51. The summed E-state index contributed by atoms with van der Waals surface area (Å²) in [7, 11) is 1.49. The van der Waals surface area contributed by atoms with Gasteiger partial charge in [-0.25, -0.2) is 4.79 Å². The molecule has 0 aliphatic carbocycles. The standard InChI is InChI=1S/C17H24N2O5/c1-17(2,3)24-16(22)19-9-7-18(8-10-19)15(21)13-6-5-12(23-4)11-14(13)20/h5-6,11,20H,7-10H2,1-4H3. The molecule has 0 aromatic heterocycles. The van der Waals surface area contributed by atoms with Crippen molar-refractivity contribution in [3.8, 4) is 11.5 Å². The molecule has 0 radical (unpaired) electrons. The van der Waals surface area contributed by atoms with Crippen LogP contribution in [0.25, 0.3) is 0 Å². The minimum absolute atomic E-state index is 0.117.